The van der Waals surface area contributed by atoms with Crippen LogP contribution >= 0.6 is 28.1 Å². The number of rotatable bonds is 7. The molecule has 140 valence electrons. The third kappa shape index (κ3) is 4.64. The third-order valence-corrected chi connectivity index (χ3v) is 4.69. The molecule has 0 spiro atoms. The molecule has 27 heavy (non-hydrogen) atoms. The Balaban J connectivity index is 1.84. The van der Waals surface area contributed by atoms with Gasteiger partial charge < -0.3 is 9.47 Å². The van der Waals surface area contributed by atoms with Crippen molar-refractivity contribution >= 4 is 34.4 Å². The molecule has 0 aliphatic heterocycles. The Bertz CT molecular complexity index is 999. The molecule has 1 aromatic heterocycles. The predicted molar refractivity (Wildman–Crippen MR) is 111 cm³/mol. The number of benzene rings is 2. The molecular weight excluding hydrogens is 428 g/mol. The van der Waals surface area contributed by atoms with Gasteiger partial charge in [-0.2, -0.15) is 14.9 Å². The largest absolute Gasteiger partial charge is 0.493 e. The number of halogens is 1. The Hall–Kier alpha value is -2.45. The first kappa shape index (κ1) is 19.3. The van der Waals surface area contributed by atoms with Crippen molar-refractivity contribution in [2.75, 3.05) is 7.11 Å². The second-order valence-electron chi connectivity index (χ2n) is 5.66. The van der Waals surface area contributed by atoms with Crippen LogP contribution in [0, 0.1) is 4.77 Å². The lowest BCUT2D eigenvalue weighted by atomic mass is 10.2. The van der Waals surface area contributed by atoms with E-state index in [1.165, 1.54) is 0 Å². The maximum Gasteiger partial charge on any atom is 0.216 e. The van der Waals surface area contributed by atoms with E-state index in [4.69, 9.17) is 21.7 Å². The molecule has 0 atom stereocenters. The van der Waals surface area contributed by atoms with Crippen molar-refractivity contribution in [2.24, 2.45) is 5.10 Å². The summed E-state index contributed by atoms with van der Waals surface area (Å²) >= 11 is 8.77. The fourth-order valence-electron chi connectivity index (χ4n) is 2.48. The van der Waals surface area contributed by atoms with E-state index >= 15 is 0 Å². The van der Waals surface area contributed by atoms with E-state index in [-0.39, 0.29) is 0 Å². The molecule has 8 heteroatoms. The molecule has 0 unspecified atom stereocenters. The number of hydrogen-bond acceptors (Lipinski definition) is 5. The summed E-state index contributed by atoms with van der Waals surface area (Å²) in [6, 6.07) is 13.8. The van der Waals surface area contributed by atoms with Crippen molar-refractivity contribution in [1.82, 2.24) is 14.9 Å². The van der Waals surface area contributed by atoms with Gasteiger partial charge in [0.15, 0.2) is 17.3 Å². The van der Waals surface area contributed by atoms with Gasteiger partial charge in [0.2, 0.25) is 4.77 Å². The average Bonchev–Trinajstić information content (AvgIpc) is 3.05. The van der Waals surface area contributed by atoms with Crippen LogP contribution in [-0.4, -0.2) is 28.2 Å². The first-order valence-corrected chi connectivity index (χ1v) is 9.57. The van der Waals surface area contributed by atoms with Crippen LogP contribution in [0.15, 0.2) is 52.0 Å². The highest BCUT2D eigenvalue weighted by Gasteiger charge is 2.12. The summed E-state index contributed by atoms with van der Waals surface area (Å²) < 4.78 is 14.3. The first-order chi connectivity index (χ1) is 13.1. The normalized spacial score (nSPS) is 11.1. The second kappa shape index (κ2) is 8.96. The molecule has 0 aliphatic rings. The predicted octanol–water partition coefficient (Wildman–Crippen LogP) is 4.74. The number of aromatic nitrogens is 3. The molecule has 0 aliphatic carbocycles. The molecule has 0 fully saturated rings. The van der Waals surface area contributed by atoms with E-state index in [9.17, 15) is 0 Å². The Morgan fingerprint density at radius 2 is 2.07 bits per heavy atom. The Morgan fingerprint density at radius 1 is 1.30 bits per heavy atom. The minimum absolute atomic E-state index is 0.452. The van der Waals surface area contributed by atoms with Crippen LogP contribution in [0.2, 0.25) is 0 Å². The lowest BCUT2D eigenvalue weighted by molar-refractivity contribution is 0.282. The fourth-order valence-corrected chi connectivity index (χ4v) is 3.25. The van der Waals surface area contributed by atoms with Crippen molar-refractivity contribution in [3.63, 3.8) is 0 Å². The van der Waals surface area contributed by atoms with Crippen LogP contribution in [-0.2, 0) is 13.0 Å². The van der Waals surface area contributed by atoms with E-state index in [0.29, 0.717) is 22.9 Å². The van der Waals surface area contributed by atoms with E-state index in [1.54, 1.807) is 18.0 Å². The zero-order chi connectivity index (χ0) is 19.2. The number of nitrogens with one attached hydrogen (secondary N) is 1. The lowest BCUT2D eigenvalue weighted by Crippen LogP contribution is -2.00. The standard InChI is InChI=1S/C19H19BrN4O2S/c1-3-17-22-23-19(27)24(17)21-11-14-9-15(20)18(16(10-14)25-2)26-12-13-7-5-4-6-8-13/h4-11H,3,12H2,1-2H3,(H,23,27)/b21-11-. The summed E-state index contributed by atoms with van der Waals surface area (Å²) in [5, 5.41) is 11.3. The van der Waals surface area contributed by atoms with Crippen LogP contribution < -0.4 is 9.47 Å². The summed E-state index contributed by atoms with van der Waals surface area (Å²) in [4.78, 5) is 0. The molecule has 1 heterocycles. The third-order valence-electron chi connectivity index (χ3n) is 3.83. The van der Waals surface area contributed by atoms with Crippen LogP contribution in [0.3, 0.4) is 0 Å². The number of nitrogens with zero attached hydrogens (tertiary/aromatic N) is 3. The van der Waals surface area contributed by atoms with Crippen molar-refractivity contribution in [2.45, 2.75) is 20.0 Å². The summed E-state index contributed by atoms with van der Waals surface area (Å²) in [5.74, 6) is 2.03. The summed E-state index contributed by atoms with van der Waals surface area (Å²) in [5.41, 5.74) is 1.93. The highest BCUT2D eigenvalue weighted by Crippen LogP contribution is 2.36. The minimum Gasteiger partial charge on any atom is -0.493 e. The highest BCUT2D eigenvalue weighted by atomic mass is 79.9. The molecule has 0 amide bonds. The minimum atomic E-state index is 0.452. The maximum atomic E-state index is 5.95. The van der Waals surface area contributed by atoms with E-state index < -0.39 is 0 Å². The number of hydrogen-bond donors (Lipinski definition) is 1. The van der Waals surface area contributed by atoms with Gasteiger partial charge in [-0.15, -0.1) is 0 Å². The van der Waals surface area contributed by atoms with Crippen molar-refractivity contribution in [1.29, 1.82) is 0 Å². The molecule has 2 aromatic carbocycles. The van der Waals surface area contributed by atoms with Crippen molar-refractivity contribution < 1.29 is 9.47 Å². The highest BCUT2D eigenvalue weighted by molar-refractivity contribution is 9.10. The first-order valence-electron chi connectivity index (χ1n) is 8.37. The molecule has 3 rings (SSSR count). The Kier molecular flexibility index (Phi) is 6.41. The zero-order valence-corrected chi connectivity index (χ0v) is 17.4. The smallest absolute Gasteiger partial charge is 0.216 e. The van der Waals surface area contributed by atoms with Gasteiger partial charge in [-0.3, -0.25) is 5.10 Å². The zero-order valence-electron chi connectivity index (χ0n) is 15.0. The number of H-pyrrole nitrogens is 1. The Labute approximate surface area is 171 Å². The number of aryl methyl sites for hydroxylation is 1. The number of methoxy groups -OCH3 is 1. The van der Waals surface area contributed by atoms with Gasteiger partial charge in [-0.1, -0.05) is 37.3 Å². The lowest BCUT2D eigenvalue weighted by Gasteiger charge is -2.13. The topological polar surface area (TPSA) is 64.4 Å². The summed E-state index contributed by atoms with van der Waals surface area (Å²) in [7, 11) is 1.61. The van der Waals surface area contributed by atoms with Gasteiger partial charge in [0.1, 0.15) is 6.61 Å². The van der Waals surface area contributed by atoms with Gasteiger partial charge in [-0.05, 0) is 51.4 Å². The molecule has 6 nitrogen and oxygen atoms in total. The molecule has 1 N–H and O–H groups in total. The molecule has 0 radical (unpaired) electrons. The van der Waals surface area contributed by atoms with Crippen LogP contribution in [0.25, 0.3) is 0 Å². The van der Waals surface area contributed by atoms with E-state index in [2.05, 4.69) is 31.2 Å². The van der Waals surface area contributed by atoms with Crippen LogP contribution in [0.4, 0.5) is 0 Å². The van der Waals surface area contributed by atoms with E-state index in [1.807, 2.05) is 49.4 Å². The average molecular weight is 447 g/mol. The molecule has 0 saturated carbocycles. The summed E-state index contributed by atoms with van der Waals surface area (Å²) in [6.45, 7) is 2.45. The van der Waals surface area contributed by atoms with Gasteiger partial charge in [-0.25, -0.2) is 0 Å². The molecule has 3 aromatic rings. The van der Waals surface area contributed by atoms with Crippen LogP contribution in [0.1, 0.15) is 23.9 Å². The summed E-state index contributed by atoms with van der Waals surface area (Å²) in [6.07, 6.45) is 2.43. The van der Waals surface area contributed by atoms with Crippen molar-refractivity contribution in [3.8, 4) is 11.5 Å². The molecule has 0 bridgehead atoms. The molecule has 0 saturated heterocycles. The number of aromatic amines is 1. The van der Waals surface area contributed by atoms with Crippen molar-refractivity contribution in [3.05, 3.63) is 68.7 Å². The molecular formula is C19H19BrN4O2S. The quantitative estimate of drug-likeness (QED) is 0.420. The van der Waals surface area contributed by atoms with Crippen LogP contribution in [0.5, 0.6) is 11.5 Å². The fraction of sp³-hybridized carbons (Fsp3) is 0.211. The SMILES string of the molecule is CCc1n[nH]c(=S)n1/N=C\c1cc(Br)c(OCc2ccccc2)c(OC)c1. The van der Waals surface area contributed by atoms with Gasteiger partial charge >= 0.3 is 0 Å². The maximum absolute atomic E-state index is 5.95. The second-order valence-corrected chi connectivity index (χ2v) is 6.90. The van der Waals surface area contributed by atoms with Gasteiger partial charge in [0.25, 0.3) is 0 Å². The van der Waals surface area contributed by atoms with Gasteiger partial charge in [0.05, 0.1) is 17.8 Å². The number of ether oxygens (including phenoxy) is 2. The van der Waals surface area contributed by atoms with E-state index in [0.717, 1.165) is 27.8 Å². The Morgan fingerprint density at radius 3 is 2.78 bits per heavy atom. The monoisotopic (exact) mass is 446 g/mol. The van der Waals surface area contributed by atoms with Gasteiger partial charge in [0, 0.05) is 6.42 Å².